The lowest BCUT2D eigenvalue weighted by Gasteiger charge is -2.26. The molecule has 3 rings (SSSR count). The molecule has 27 heavy (non-hydrogen) atoms. The molecule has 2 amide bonds. The van der Waals surface area contributed by atoms with Gasteiger partial charge in [0.15, 0.2) is 5.13 Å². The van der Waals surface area contributed by atoms with Crippen LogP contribution in [-0.2, 0) is 9.59 Å². The molecular weight excluding hydrogens is 358 g/mol. The summed E-state index contributed by atoms with van der Waals surface area (Å²) in [4.78, 5) is 31.5. The first-order valence-electron chi connectivity index (χ1n) is 9.62. The second-order valence-corrected chi connectivity index (χ2v) is 8.40. The Morgan fingerprint density at radius 1 is 1.22 bits per heavy atom. The summed E-state index contributed by atoms with van der Waals surface area (Å²) < 4.78 is 0. The number of carbonyl (C=O) groups is 2. The maximum Gasteiger partial charge on any atom is 0.245 e. The van der Waals surface area contributed by atoms with Gasteiger partial charge in [-0.2, -0.15) is 0 Å². The van der Waals surface area contributed by atoms with Gasteiger partial charge in [-0.05, 0) is 18.8 Å². The van der Waals surface area contributed by atoms with Crippen molar-refractivity contribution in [2.24, 2.45) is 11.8 Å². The Hall–Kier alpha value is -2.21. The lowest BCUT2D eigenvalue weighted by molar-refractivity contribution is -0.138. The van der Waals surface area contributed by atoms with Crippen molar-refractivity contribution < 1.29 is 9.59 Å². The quantitative estimate of drug-likeness (QED) is 0.767. The summed E-state index contributed by atoms with van der Waals surface area (Å²) in [5, 5.41) is 5.35. The topological polar surface area (TPSA) is 62.3 Å². The van der Waals surface area contributed by atoms with Gasteiger partial charge in [0.1, 0.15) is 0 Å². The highest BCUT2D eigenvalue weighted by atomic mass is 32.1. The highest BCUT2D eigenvalue weighted by Crippen LogP contribution is 2.27. The summed E-state index contributed by atoms with van der Waals surface area (Å²) in [7, 11) is 0. The average molecular weight is 386 g/mol. The highest BCUT2D eigenvalue weighted by Gasteiger charge is 2.28. The number of nitrogens with one attached hydrogen (secondary N) is 1. The van der Waals surface area contributed by atoms with E-state index < -0.39 is 0 Å². The maximum atomic E-state index is 12.8. The van der Waals surface area contributed by atoms with Gasteiger partial charge in [0.2, 0.25) is 11.8 Å². The standard InChI is InChI=1S/C21H27N3O2S/c1-15(2)12-24(20(26)17-10-6-7-11-17)13-19(25)23-21-22-18(14-27-21)16-8-4-3-5-9-16/h3-5,8-9,14-15,17H,6-7,10-13H2,1-2H3,(H,22,23,25). The molecule has 1 saturated carbocycles. The number of rotatable bonds is 7. The normalized spacial score (nSPS) is 14.5. The summed E-state index contributed by atoms with van der Waals surface area (Å²) >= 11 is 1.40. The number of carbonyl (C=O) groups excluding carboxylic acids is 2. The van der Waals surface area contributed by atoms with Gasteiger partial charge in [-0.1, -0.05) is 57.0 Å². The van der Waals surface area contributed by atoms with E-state index in [4.69, 9.17) is 0 Å². The third-order valence-corrected chi connectivity index (χ3v) is 5.51. The van der Waals surface area contributed by atoms with Crippen LogP contribution in [0, 0.1) is 11.8 Å². The van der Waals surface area contributed by atoms with Crippen LogP contribution >= 0.6 is 11.3 Å². The van der Waals surface area contributed by atoms with Gasteiger partial charge >= 0.3 is 0 Å². The van der Waals surface area contributed by atoms with E-state index in [0.717, 1.165) is 36.9 Å². The van der Waals surface area contributed by atoms with Crippen molar-refractivity contribution in [1.29, 1.82) is 0 Å². The molecule has 0 saturated heterocycles. The Morgan fingerprint density at radius 2 is 1.93 bits per heavy atom. The lowest BCUT2D eigenvalue weighted by Crippen LogP contribution is -2.42. The molecule has 1 N–H and O–H groups in total. The van der Waals surface area contributed by atoms with Gasteiger partial charge in [0, 0.05) is 23.4 Å². The number of benzene rings is 1. The molecule has 1 heterocycles. The number of hydrogen-bond donors (Lipinski definition) is 1. The zero-order valence-electron chi connectivity index (χ0n) is 16.0. The van der Waals surface area contributed by atoms with Gasteiger partial charge in [-0.15, -0.1) is 11.3 Å². The van der Waals surface area contributed by atoms with Gasteiger partial charge in [-0.25, -0.2) is 4.98 Å². The molecule has 1 aromatic heterocycles. The molecule has 1 aliphatic carbocycles. The van der Waals surface area contributed by atoms with E-state index in [2.05, 4.69) is 24.1 Å². The fraction of sp³-hybridized carbons (Fsp3) is 0.476. The summed E-state index contributed by atoms with van der Waals surface area (Å²) in [6.45, 7) is 4.84. The molecule has 1 aromatic carbocycles. The molecule has 144 valence electrons. The smallest absolute Gasteiger partial charge is 0.245 e. The third-order valence-electron chi connectivity index (χ3n) is 4.76. The molecule has 0 bridgehead atoms. The molecule has 0 atom stereocenters. The van der Waals surface area contributed by atoms with Crippen LogP contribution in [0.4, 0.5) is 5.13 Å². The number of thiazole rings is 1. The van der Waals surface area contributed by atoms with Crippen molar-refractivity contribution in [2.45, 2.75) is 39.5 Å². The Kier molecular flexibility index (Phi) is 6.61. The van der Waals surface area contributed by atoms with E-state index in [1.54, 1.807) is 4.90 Å². The number of nitrogens with zero attached hydrogens (tertiary/aromatic N) is 2. The van der Waals surface area contributed by atoms with Gasteiger partial charge < -0.3 is 10.2 Å². The molecule has 0 aliphatic heterocycles. The molecule has 1 fully saturated rings. The maximum absolute atomic E-state index is 12.8. The molecule has 6 heteroatoms. The zero-order chi connectivity index (χ0) is 19.2. The van der Waals surface area contributed by atoms with Gasteiger partial charge in [0.05, 0.1) is 12.2 Å². The van der Waals surface area contributed by atoms with Crippen LogP contribution in [0.1, 0.15) is 39.5 Å². The van der Waals surface area contributed by atoms with E-state index in [9.17, 15) is 9.59 Å². The van der Waals surface area contributed by atoms with E-state index >= 15 is 0 Å². The summed E-state index contributed by atoms with van der Waals surface area (Å²) in [5.74, 6) is 0.352. The number of aromatic nitrogens is 1. The van der Waals surface area contributed by atoms with E-state index in [1.807, 2.05) is 35.7 Å². The monoisotopic (exact) mass is 385 g/mol. The van der Waals surface area contributed by atoms with Crippen LogP contribution in [0.2, 0.25) is 0 Å². The zero-order valence-corrected chi connectivity index (χ0v) is 16.8. The Bertz CT molecular complexity index is 767. The van der Waals surface area contributed by atoms with Crippen LogP contribution in [0.5, 0.6) is 0 Å². The lowest BCUT2D eigenvalue weighted by atomic mass is 10.1. The van der Waals surface area contributed by atoms with E-state index in [1.165, 1.54) is 11.3 Å². The number of hydrogen-bond acceptors (Lipinski definition) is 4. The number of amides is 2. The first kappa shape index (κ1) is 19.5. The second kappa shape index (κ2) is 9.13. The van der Waals surface area contributed by atoms with Crippen LogP contribution in [0.15, 0.2) is 35.7 Å². The van der Waals surface area contributed by atoms with Crippen LogP contribution in [0.25, 0.3) is 11.3 Å². The summed E-state index contributed by atoms with van der Waals surface area (Å²) in [5.41, 5.74) is 1.86. The fourth-order valence-corrected chi connectivity index (χ4v) is 4.24. The molecule has 1 aliphatic rings. The van der Waals surface area contributed by atoms with Crippen LogP contribution in [-0.4, -0.2) is 34.8 Å². The van der Waals surface area contributed by atoms with Crippen molar-refractivity contribution in [2.75, 3.05) is 18.4 Å². The third kappa shape index (κ3) is 5.39. The Morgan fingerprint density at radius 3 is 2.59 bits per heavy atom. The van der Waals surface area contributed by atoms with Gasteiger partial charge in [-0.3, -0.25) is 9.59 Å². The number of anilines is 1. The molecule has 0 unspecified atom stereocenters. The van der Waals surface area contributed by atoms with Crippen LogP contribution < -0.4 is 5.32 Å². The average Bonchev–Trinajstić information content (AvgIpc) is 3.33. The largest absolute Gasteiger partial charge is 0.333 e. The molecule has 0 spiro atoms. The van der Waals surface area contributed by atoms with Crippen molar-refractivity contribution in [3.05, 3.63) is 35.7 Å². The highest BCUT2D eigenvalue weighted by molar-refractivity contribution is 7.14. The summed E-state index contributed by atoms with van der Waals surface area (Å²) in [6.07, 6.45) is 4.11. The Balaban J connectivity index is 1.62. The first-order valence-corrected chi connectivity index (χ1v) is 10.5. The predicted octanol–water partition coefficient (Wildman–Crippen LogP) is 4.42. The van der Waals surface area contributed by atoms with Crippen molar-refractivity contribution >= 4 is 28.3 Å². The molecule has 0 radical (unpaired) electrons. The van der Waals surface area contributed by atoms with Crippen molar-refractivity contribution in [1.82, 2.24) is 9.88 Å². The van der Waals surface area contributed by atoms with Crippen molar-refractivity contribution in [3.8, 4) is 11.3 Å². The minimum atomic E-state index is -0.184. The van der Waals surface area contributed by atoms with Crippen LogP contribution in [0.3, 0.4) is 0 Å². The Labute approximate surface area is 164 Å². The fourth-order valence-electron chi connectivity index (χ4n) is 3.51. The minimum absolute atomic E-state index is 0.0843. The van der Waals surface area contributed by atoms with E-state index in [0.29, 0.717) is 17.6 Å². The second-order valence-electron chi connectivity index (χ2n) is 7.55. The minimum Gasteiger partial charge on any atom is -0.333 e. The van der Waals surface area contributed by atoms with E-state index in [-0.39, 0.29) is 24.3 Å². The summed E-state index contributed by atoms with van der Waals surface area (Å²) in [6, 6.07) is 9.87. The first-order chi connectivity index (χ1) is 13.0. The van der Waals surface area contributed by atoms with Gasteiger partial charge in [0.25, 0.3) is 0 Å². The SMILES string of the molecule is CC(C)CN(CC(=O)Nc1nc(-c2ccccc2)cs1)C(=O)C1CCCC1. The molecule has 2 aromatic rings. The molecular formula is C21H27N3O2S. The predicted molar refractivity (Wildman–Crippen MR) is 110 cm³/mol. The van der Waals surface area contributed by atoms with Crippen molar-refractivity contribution in [3.63, 3.8) is 0 Å². The molecule has 5 nitrogen and oxygen atoms in total.